The van der Waals surface area contributed by atoms with Crippen molar-refractivity contribution in [3.8, 4) is 11.5 Å². The first kappa shape index (κ1) is 23.5. The molecule has 2 N–H and O–H groups in total. The van der Waals surface area contributed by atoms with Crippen LogP contribution in [0, 0.1) is 16.5 Å². The molecule has 2 amide bonds. The zero-order chi connectivity index (χ0) is 26.6. The van der Waals surface area contributed by atoms with Gasteiger partial charge >= 0.3 is 0 Å². The Labute approximate surface area is 216 Å². The van der Waals surface area contributed by atoms with Crippen molar-refractivity contribution >= 4 is 17.5 Å². The molecule has 37 heavy (non-hydrogen) atoms. The van der Waals surface area contributed by atoms with E-state index in [1.807, 2.05) is 32.1 Å². The Morgan fingerprint density at radius 2 is 1.92 bits per heavy atom. The van der Waals surface area contributed by atoms with E-state index in [9.17, 15) is 19.9 Å². The normalized spacial score (nSPS) is 45.5. The van der Waals surface area contributed by atoms with Gasteiger partial charge in [0.15, 0.2) is 11.5 Å². The molecule has 7 aliphatic rings. The van der Waals surface area contributed by atoms with Crippen LogP contribution in [0.25, 0.3) is 0 Å². The Morgan fingerprint density at radius 3 is 2.65 bits per heavy atom. The number of ether oxygens (including phenoxy) is 2. The average molecular weight is 510 g/mol. The summed E-state index contributed by atoms with van der Waals surface area (Å²) < 4.78 is 11.5. The molecule has 0 aromatic heterocycles. The Hall–Kier alpha value is -2.62. The summed E-state index contributed by atoms with van der Waals surface area (Å²) >= 11 is 0. The van der Waals surface area contributed by atoms with E-state index in [0.29, 0.717) is 30.0 Å². The monoisotopic (exact) mass is 509 g/mol. The van der Waals surface area contributed by atoms with Crippen LogP contribution in [0.3, 0.4) is 0 Å². The number of carbonyl (C=O) groups is 2. The number of piperazine rings is 1. The van der Waals surface area contributed by atoms with Gasteiger partial charge in [-0.25, -0.2) is 0 Å². The van der Waals surface area contributed by atoms with Crippen LogP contribution in [0.4, 0.5) is 5.69 Å². The zero-order valence-electron chi connectivity index (χ0n) is 22.3. The first-order chi connectivity index (χ1) is 17.1. The minimum atomic E-state index is -1.45. The third kappa shape index (κ3) is 2.23. The van der Waals surface area contributed by atoms with Gasteiger partial charge in [-0.3, -0.25) is 9.59 Å². The molecule has 1 saturated carbocycles. The highest BCUT2D eigenvalue weighted by atomic mass is 16.6. The first-order valence-corrected chi connectivity index (χ1v) is 13.2. The number of aliphatic hydroxyl groups is 1. The summed E-state index contributed by atoms with van der Waals surface area (Å²) in [5.74, 6) is 0.428. The molecular weight excluding hydrogens is 474 g/mol. The van der Waals surface area contributed by atoms with E-state index in [-0.39, 0.29) is 37.2 Å². The smallest absolute Gasteiger partial charge is 0.287 e. The molecule has 1 aromatic rings. The van der Waals surface area contributed by atoms with Crippen LogP contribution in [-0.4, -0.2) is 68.9 Å². The summed E-state index contributed by atoms with van der Waals surface area (Å²) in [7, 11) is 1.76. The fourth-order valence-electron chi connectivity index (χ4n) is 9.38. The minimum Gasteiger partial charge on any atom is -0.632 e. The standard InChI is InChI=1S/C28H35N3O6/c1-23(2)10-12-36-20-17(37-23)8-7-16-19(20)29-21(32)27(16)14-26-15-31(35)11-9-25(5,34)28(31,22(33)30(26)6)13-18(26)24(27,3)4/h7-8,10,12,18,34H,9,11,13-15H2,1-6H3,(H,29,32)/t18-,25+,26?,27+,28?,31?/m0/s1. The number of amides is 2. The Morgan fingerprint density at radius 1 is 1.19 bits per heavy atom. The van der Waals surface area contributed by atoms with Crippen molar-refractivity contribution in [3.63, 3.8) is 0 Å². The number of rotatable bonds is 0. The van der Waals surface area contributed by atoms with Crippen LogP contribution in [0.1, 0.15) is 59.4 Å². The maximum Gasteiger partial charge on any atom is 0.287 e. The second-order valence-corrected chi connectivity index (χ2v) is 13.6. The van der Waals surface area contributed by atoms with E-state index >= 15 is 0 Å². The van der Waals surface area contributed by atoms with Gasteiger partial charge in [-0.2, -0.15) is 0 Å². The Balaban J connectivity index is 1.43. The molecular formula is C28H35N3O6. The van der Waals surface area contributed by atoms with E-state index in [1.165, 1.54) is 0 Å². The molecule has 9 nitrogen and oxygen atoms in total. The molecule has 0 radical (unpaired) electrons. The van der Waals surface area contributed by atoms with Crippen LogP contribution in [0.15, 0.2) is 24.5 Å². The van der Waals surface area contributed by atoms with Crippen LogP contribution in [0.5, 0.6) is 11.5 Å². The van der Waals surface area contributed by atoms with Crippen molar-refractivity contribution in [3.05, 3.63) is 35.2 Å². The second kappa shape index (κ2) is 6.16. The van der Waals surface area contributed by atoms with Crippen molar-refractivity contribution in [1.29, 1.82) is 0 Å². The third-order valence-corrected chi connectivity index (χ3v) is 11.3. The lowest BCUT2D eigenvalue weighted by atomic mass is 9.55. The summed E-state index contributed by atoms with van der Waals surface area (Å²) in [4.78, 5) is 29.9. The fraction of sp³-hybridized carbons (Fsp3) is 0.643. The summed E-state index contributed by atoms with van der Waals surface area (Å²) in [6, 6.07) is 3.80. The molecule has 3 spiro atoms. The lowest BCUT2D eigenvalue weighted by molar-refractivity contribution is -0.931. The largest absolute Gasteiger partial charge is 0.632 e. The molecule has 198 valence electrons. The number of quaternary nitrogens is 1. The highest BCUT2D eigenvalue weighted by Gasteiger charge is 2.86. The van der Waals surface area contributed by atoms with Crippen LogP contribution < -0.4 is 14.8 Å². The predicted molar refractivity (Wildman–Crippen MR) is 135 cm³/mol. The van der Waals surface area contributed by atoms with Crippen LogP contribution >= 0.6 is 0 Å². The number of nitrogens with one attached hydrogen (secondary N) is 1. The highest BCUT2D eigenvalue weighted by molar-refractivity contribution is 6.09. The molecule has 5 fully saturated rings. The minimum absolute atomic E-state index is 0.146. The fourth-order valence-corrected chi connectivity index (χ4v) is 9.38. The number of hydroxylamine groups is 3. The van der Waals surface area contributed by atoms with Gasteiger partial charge in [-0.15, -0.1) is 0 Å². The molecule has 1 aromatic carbocycles. The van der Waals surface area contributed by atoms with E-state index in [0.717, 1.165) is 5.56 Å². The van der Waals surface area contributed by atoms with Gasteiger partial charge in [0.1, 0.15) is 17.7 Å². The number of anilines is 1. The maximum absolute atomic E-state index is 14.4. The molecule has 3 unspecified atom stereocenters. The number of fused-ring (bicyclic) bond motifs is 5. The van der Waals surface area contributed by atoms with Gasteiger partial charge in [0, 0.05) is 25.8 Å². The van der Waals surface area contributed by atoms with E-state index < -0.39 is 37.8 Å². The topological polar surface area (TPSA) is 111 Å². The number of benzene rings is 1. The predicted octanol–water partition coefficient (Wildman–Crippen LogP) is 2.81. The van der Waals surface area contributed by atoms with Crippen molar-refractivity contribution < 1.29 is 28.8 Å². The number of piperidine rings is 2. The van der Waals surface area contributed by atoms with Gasteiger partial charge in [-0.05, 0) is 50.3 Å². The van der Waals surface area contributed by atoms with Crippen molar-refractivity contribution in [2.75, 3.05) is 25.5 Å². The summed E-state index contributed by atoms with van der Waals surface area (Å²) in [6.45, 7) is 10.1. The highest BCUT2D eigenvalue weighted by Crippen LogP contribution is 2.74. The number of hydrogen-bond acceptors (Lipinski definition) is 6. The third-order valence-electron chi connectivity index (χ3n) is 11.3. The van der Waals surface area contributed by atoms with Crippen molar-refractivity contribution in [2.45, 2.75) is 81.6 Å². The summed E-state index contributed by atoms with van der Waals surface area (Å²) in [6.07, 6.45) is 4.33. The van der Waals surface area contributed by atoms with E-state index in [1.54, 1.807) is 25.1 Å². The van der Waals surface area contributed by atoms with Crippen molar-refractivity contribution in [2.24, 2.45) is 11.3 Å². The van der Waals surface area contributed by atoms with Crippen molar-refractivity contribution in [1.82, 2.24) is 4.90 Å². The number of nitrogens with zero attached hydrogens (tertiary/aromatic N) is 2. The average Bonchev–Trinajstić information content (AvgIpc) is 3.22. The molecule has 2 bridgehead atoms. The molecule has 8 rings (SSSR count). The molecule has 6 heterocycles. The van der Waals surface area contributed by atoms with Gasteiger partial charge in [-0.1, -0.05) is 19.9 Å². The van der Waals surface area contributed by atoms with Crippen LogP contribution in [-0.2, 0) is 15.0 Å². The van der Waals surface area contributed by atoms with Gasteiger partial charge < -0.3 is 34.7 Å². The molecule has 6 aliphatic heterocycles. The van der Waals surface area contributed by atoms with Gasteiger partial charge in [0.25, 0.3) is 5.91 Å². The van der Waals surface area contributed by atoms with E-state index in [4.69, 9.17) is 9.47 Å². The number of likely N-dealkylation sites (N-methyl/N-ethyl adjacent to an activating group) is 1. The molecule has 6 atom stereocenters. The molecule has 9 heteroatoms. The summed E-state index contributed by atoms with van der Waals surface area (Å²) in [5.41, 5.74) is -4.43. The lowest BCUT2D eigenvalue weighted by Gasteiger charge is -2.70. The van der Waals surface area contributed by atoms with Gasteiger partial charge in [0.2, 0.25) is 11.4 Å². The maximum atomic E-state index is 14.4. The lowest BCUT2D eigenvalue weighted by Crippen LogP contribution is -2.87. The Bertz CT molecular complexity index is 1340. The molecule has 4 saturated heterocycles. The Kier molecular flexibility index (Phi) is 3.91. The number of hydrogen-bond donors (Lipinski definition) is 2. The van der Waals surface area contributed by atoms with Crippen LogP contribution in [0.2, 0.25) is 0 Å². The SMILES string of the molecule is CN1C(=O)C23C[C@@H]4C1(C[C@@]1(C(=O)Nc5c1ccc1c5OC=CC(C)(C)O1)C4(C)C)C[N+]2([O-])CC[C@@]3(C)O. The van der Waals surface area contributed by atoms with E-state index in [2.05, 4.69) is 19.2 Å². The zero-order valence-corrected chi connectivity index (χ0v) is 22.3. The number of carbonyl (C=O) groups excluding carboxylic acids is 2. The first-order valence-electron chi connectivity index (χ1n) is 13.2. The molecule has 1 aliphatic carbocycles. The second-order valence-electron chi connectivity index (χ2n) is 13.6. The quantitative estimate of drug-likeness (QED) is 0.411. The van der Waals surface area contributed by atoms with Gasteiger partial charge in [0.05, 0.1) is 29.4 Å². The summed E-state index contributed by atoms with van der Waals surface area (Å²) in [5, 5.41) is 29.0.